The molecule has 0 aliphatic heterocycles. The van der Waals surface area contributed by atoms with Gasteiger partial charge in [0, 0.05) is 11.6 Å². The molecule has 98 valence electrons. The van der Waals surface area contributed by atoms with E-state index in [1.807, 2.05) is 0 Å². The van der Waals surface area contributed by atoms with Gasteiger partial charge in [0.05, 0.1) is 17.2 Å². The second-order valence-corrected chi connectivity index (χ2v) is 5.42. The van der Waals surface area contributed by atoms with Gasteiger partial charge in [-0.15, -0.1) is 0 Å². The van der Waals surface area contributed by atoms with Crippen LogP contribution in [0.1, 0.15) is 25.3 Å². The Balaban J connectivity index is 2.44. The third kappa shape index (κ3) is 2.48. The summed E-state index contributed by atoms with van der Waals surface area (Å²) in [6, 6.07) is 5.60. The molecular weight excluding hydrogens is 273 g/mol. The zero-order valence-electron chi connectivity index (χ0n) is 10.3. The van der Waals surface area contributed by atoms with Crippen molar-refractivity contribution in [3.63, 3.8) is 0 Å². The van der Waals surface area contributed by atoms with Crippen molar-refractivity contribution in [2.45, 2.75) is 31.3 Å². The Bertz CT molecular complexity index is 474. The lowest BCUT2D eigenvalue weighted by atomic mass is 9.91. The van der Waals surface area contributed by atoms with Crippen molar-refractivity contribution in [2.75, 3.05) is 7.11 Å². The van der Waals surface area contributed by atoms with Crippen LogP contribution in [0.4, 0.5) is 0 Å². The molecule has 1 N–H and O–H groups in total. The largest absolute Gasteiger partial charge is 0.467 e. The minimum Gasteiger partial charge on any atom is -0.467 e. The van der Waals surface area contributed by atoms with Crippen LogP contribution in [0.3, 0.4) is 0 Å². The van der Waals surface area contributed by atoms with Gasteiger partial charge in [-0.2, -0.15) is 0 Å². The Morgan fingerprint density at radius 3 is 2.67 bits per heavy atom. The molecule has 1 aromatic rings. The zero-order chi connectivity index (χ0) is 13.3. The van der Waals surface area contributed by atoms with E-state index in [2.05, 4.69) is 5.32 Å². The van der Waals surface area contributed by atoms with Crippen molar-refractivity contribution >= 4 is 29.2 Å². The summed E-state index contributed by atoms with van der Waals surface area (Å²) in [6.45, 7) is 1.77. The quantitative estimate of drug-likeness (QED) is 0.865. The van der Waals surface area contributed by atoms with E-state index in [0.717, 1.165) is 12.8 Å². The molecule has 5 heteroatoms. The molecule has 0 heterocycles. The zero-order valence-corrected chi connectivity index (χ0v) is 11.8. The molecule has 0 saturated heterocycles. The molecule has 1 atom stereocenters. The van der Waals surface area contributed by atoms with Gasteiger partial charge in [-0.05, 0) is 25.8 Å². The van der Waals surface area contributed by atoms with Crippen LogP contribution in [0.2, 0.25) is 10.0 Å². The minimum atomic E-state index is -0.960. The Labute approximate surface area is 116 Å². The number of carbonyl (C=O) groups excluding carboxylic acids is 1. The van der Waals surface area contributed by atoms with Gasteiger partial charge in [0.15, 0.2) is 0 Å². The van der Waals surface area contributed by atoms with Gasteiger partial charge < -0.3 is 4.74 Å². The van der Waals surface area contributed by atoms with Gasteiger partial charge in [-0.3, -0.25) is 5.32 Å². The number of nitrogens with one attached hydrogen (secondary N) is 1. The summed E-state index contributed by atoms with van der Waals surface area (Å²) >= 11 is 12.2. The van der Waals surface area contributed by atoms with Crippen LogP contribution in [-0.4, -0.2) is 19.1 Å². The Morgan fingerprint density at radius 1 is 1.44 bits per heavy atom. The highest BCUT2D eigenvalue weighted by Crippen LogP contribution is 2.36. The molecule has 0 spiro atoms. The summed E-state index contributed by atoms with van der Waals surface area (Å²) in [5.74, 6) is -0.362. The van der Waals surface area contributed by atoms with E-state index in [1.165, 1.54) is 7.11 Å². The number of halogens is 2. The van der Waals surface area contributed by atoms with Gasteiger partial charge in [-0.1, -0.05) is 35.3 Å². The summed E-state index contributed by atoms with van der Waals surface area (Å²) in [5.41, 5.74) is -0.312. The number of benzene rings is 1. The summed E-state index contributed by atoms with van der Waals surface area (Å²) < 4.78 is 4.89. The van der Waals surface area contributed by atoms with Crippen LogP contribution in [0, 0.1) is 0 Å². The number of rotatable bonds is 4. The first-order valence-corrected chi connectivity index (χ1v) is 6.55. The predicted octanol–water partition coefficient (Wildman–Crippen LogP) is 3.13. The molecule has 1 aliphatic carbocycles. The van der Waals surface area contributed by atoms with E-state index < -0.39 is 5.54 Å². The van der Waals surface area contributed by atoms with E-state index in [-0.39, 0.29) is 5.97 Å². The molecule has 2 rings (SSSR count). The smallest absolute Gasteiger partial charge is 0.330 e. The molecule has 1 aliphatic rings. The first kappa shape index (κ1) is 13.7. The van der Waals surface area contributed by atoms with Gasteiger partial charge >= 0.3 is 5.97 Å². The van der Waals surface area contributed by atoms with Crippen LogP contribution in [-0.2, 0) is 15.1 Å². The average molecular weight is 288 g/mol. The van der Waals surface area contributed by atoms with Crippen LogP contribution in [0.25, 0.3) is 0 Å². The molecule has 1 fully saturated rings. The number of methoxy groups -OCH3 is 1. The molecule has 1 aromatic carbocycles. The van der Waals surface area contributed by atoms with Gasteiger partial charge in [0.1, 0.15) is 5.54 Å². The van der Waals surface area contributed by atoms with E-state index in [0.29, 0.717) is 21.7 Å². The number of esters is 1. The van der Waals surface area contributed by atoms with Crippen LogP contribution in [0.5, 0.6) is 0 Å². The summed E-state index contributed by atoms with van der Waals surface area (Å²) in [6.07, 6.45) is 2.12. The molecular formula is C13H15Cl2NO2. The molecule has 0 amide bonds. The van der Waals surface area contributed by atoms with E-state index >= 15 is 0 Å². The van der Waals surface area contributed by atoms with Crippen LogP contribution < -0.4 is 5.32 Å². The first-order chi connectivity index (χ1) is 8.49. The van der Waals surface area contributed by atoms with Gasteiger partial charge in [-0.25, -0.2) is 4.79 Å². The van der Waals surface area contributed by atoms with Crippen molar-refractivity contribution in [3.8, 4) is 0 Å². The predicted molar refractivity (Wildman–Crippen MR) is 72.0 cm³/mol. The first-order valence-electron chi connectivity index (χ1n) is 5.79. The third-order valence-corrected chi connectivity index (χ3v) is 3.97. The van der Waals surface area contributed by atoms with Gasteiger partial charge in [0.2, 0.25) is 0 Å². The summed E-state index contributed by atoms with van der Waals surface area (Å²) in [5, 5.41) is 4.11. The SMILES string of the molecule is COC(=O)C(C)(NC1CC1)c1cccc(Cl)c1Cl. The average Bonchev–Trinajstić information content (AvgIpc) is 3.15. The van der Waals surface area contributed by atoms with Crippen molar-refractivity contribution in [2.24, 2.45) is 0 Å². The molecule has 1 unspecified atom stereocenters. The van der Waals surface area contributed by atoms with Crippen molar-refractivity contribution in [1.29, 1.82) is 0 Å². The third-order valence-electron chi connectivity index (χ3n) is 3.15. The second-order valence-electron chi connectivity index (χ2n) is 4.64. The second kappa shape index (κ2) is 5.08. The fraction of sp³-hybridized carbons (Fsp3) is 0.462. The lowest BCUT2D eigenvalue weighted by Gasteiger charge is -2.29. The lowest BCUT2D eigenvalue weighted by Crippen LogP contribution is -2.48. The maximum Gasteiger partial charge on any atom is 0.330 e. The minimum absolute atomic E-state index is 0.337. The summed E-state index contributed by atoms with van der Waals surface area (Å²) in [7, 11) is 1.37. The normalized spacial score (nSPS) is 18.2. The van der Waals surface area contributed by atoms with Crippen molar-refractivity contribution < 1.29 is 9.53 Å². The Kier molecular flexibility index (Phi) is 3.85. The highest BCUT2D eigenvalue weighted by atomic mass is 35.5. The standard InChI is InChI=1S/C13H15Cl2NO2/c1-13(12(17)18-2,16-8-6-7-8)9-4-3-5-10(14)11(9)15/h3-5,8,16H,6-7H2,1-2H3. The maximum absolute atomic E-state index is 12.1. The lowest BCUT2D eigenvalue weighted by molar-refractivity contribution is -0.148. The van der Waals surface area contributed by atoms with E-state index in [9.17, 15) is 4.79 Å². The molecule has 0 aromatic heterocycles. The van der Waals surface area contributed by atoms with Crippen LogP contribution >= 0.6 is 23.2 Å². The van der Waals surface area contributed by atoms with Gasteiger partial charge in [0.25, 0.3) is 0 Å². The molecule has 0 radical (unpaired) electrons. The Morgan fingerprint density at radius 2 is 2.11 bits per heavy atom. The number of carbonyl (C=O) groups is 1. The number of ether oxygens (including phenoxy) is 1. The highest BCUT2D eigenvalue weighted by Gasteiger charge is 2.42. The fourth-order valence-electron chi connectivity index (χ4n) is 1.98. The fourth-order valence-corrected chi connectivity index (χ4v) is 2.47. The number of hydrogen-bond donors (Lipinski definition) is 1. The molecule has 18 heavy (non-hydrogen) atoms. The topological polar surface area (TPSA) is 38.3 Å². The van der Waals surface area contributed by atoms with Crippen LogP contribution in [0.15, 0.2) is 18.2 Å². The summed E-state index contributed by atoms with van der Waals surface area (Å²) in [4.78, 5) is 12.1. The monoisotopic (exact) mass is 287 g/mol. The van der Waals surface area contributed by atoms with Crippen molar-refractivity contribution in [3.05, 3.63) is 33.8 Å². The molecule has 0 bridgehead atoms. The molecule has 1 saturated carbocycles. The van der Waals surface area contributed by atoms with E-state index in [1.54, 1.807) is 25.1 Å². The molecule has 3 nitrogen and oxygen atoms in total. The van der Waals surface area contributed by atoms with E-state index in [4.69, 9.17) is 27.9 Å². The highest BCUT2D eigenvalue weighted by molar-refractivity contribution is 6.42. The number of hydrogen-bond acceptors (Lipinski definition) is 3. The Hall–Kier alpha value is -0.770. The van der Waals surface area contributed by atoms with Crippen molar-refractivity contribution in [1.82, 2.24) is 5.32 Å². The maximum atomic E-state index is 12.1.